The zero-order valence-electron chi connectivity index (χ0n) is 13.7. The molecule has 2 heterocycles. The molecule has 0 radical (unpaired) electrons. The third-order valence-electron chi connectivity index (χ3n) is 5.07. The number of aromatic nitrogens is 2. The molecule has 2 aromatic rings. The van der Waals surface area contributed by atoms with E-state index >= 15 is 0 Å². The van der Waals surface area contributed by atoms with Crippen LogP contribution in [0.5, 0.6) is 0 Å². The number of benzene rings is 1. The number of hydrogen-bond acceptors (Lipinski definition) is 3. The average molecular weight is 389 g/mol. The summed E-state index contributed by atoms with van der Waals surface area (Å²) >= 11 is 3.52. The summed E-state index contributed by atoms with van der Waals surface area (Å²) in [5, 5.41) is 3.39. The molecule has 126 valence electrons. The first kappa shape index (κ1) is 15.8. The molecular weight excluding hydrogens is 368 g/mol. The van der Waals surface area contributed by atoms with Gasteiger partial charge in [0.05, 0.1) is 0 Å². The molecule has 1 aliphatic heterocycles. The number of imidazole rings is 1. The van der Waals surface area contributed by atoms with Crippen LogP contribution in [0.15, 0.2) is 41.1 Å². The number of aryl methyl sites for hydroxylation is 1. The Kier molecular flexibility index (Phi) is 4.18. The van der Waals surface area contributed by atoms with Crippen molar-refractivity contribution in [3.63, 3.8) is 0 Å². The minimum Gasteiger partial charge on any atom is -0.336 e. The van der Waals surface area contributed by atoms with E-state index in [4.69, 9.17) is 0 Å². The van der Waals surface area contributed by atoms with E-state index in [-0.39, 0.29) is 17.9 Å². The monoisotopic (exact) mass is 388 g/mol. The van der Waals surface area contributed by atoms with E-state index in [1.807, 2.05) is 34.8 Å². The summed E-state index contributed by atoms with van der Waals surface area (Å²) in [4.78, 5) is 19.6. The summed E-state index contributed by atoms with van der Waals surface area (Å²) in [5.74, 6) is 1.69. The second-order valence-corrected chi connectivity index (χ2v) is 7.57. The first-order valence-corrected chi connectivity index (χ1v) is 9.18. The number of halogens is 1. The number of piperazine rings is 1. The molecule has 2 aliphatic rings. The Bertz CT molecular complexity index is 759. The molecule has 1 saturated heterocycles. The highest BCUT2D eigenvalue weighted by Crippen LogP contribution is 2.49. The van der Waals surface area contributed by atoms with Crippen molar-refractivity contribution in [1.82, 2.24) is 19.8 Å². The van der Waals surface area contributed by atoms with E-state index in [1.165, 1.54) is 5.56 Å². The summed E-state index contributed by atoms with van der Waals surface area (Å²) in [6, 6.07) is 8.34. The van der Waals surface area contributed by atoms with E-state index in [9.17, 15) is 4.79 Å². The van der Waals surface area contributed by atoms with Crippen LogP contribution < -0.4 is 5.32 Å². The standard InChI is InChI=1S/C18H21BrN4O/c1-22-7-6-21-17(22)16-11-20-5-8-23(16)18(24)15-10-14(15)12-3-2-4-13(19)9-12/h2-4,6-7,9,14-16,20H,5,8,10-11H2,1H3. The molecule has 1 aromatic heterocycles. The lowest BCUT2D eigenvalue weighted by atomic mass is 10.1. The van der Waals surface area contributed by atoms with Crippen molar-refractivity contribution in [3.8, 4) is 0 Å². The molecule has 3 atom stereocenters. The lowest BCUT2D eigenvalue weighted by Gasteiger charge is -2.36. The Balaban J connectivity index is 1.52. The average Bonchev–Trinajstić information content (AvgIpc) is 3.29. The minimum atomic E-state index is 0.0232. The van der Waals surface area contributed by atoms with Crippen molar-refractivity contribution in [2.45, 2.75) is 18.4 Å². The number of rotatable bonds is 3. The van der Waals surface area contributed by atoms with E-state index in [0.717, 1.165) is 36.4 Å². The molecule has 1 N–H and O–H groups in total. The maximum absolute atomic E-state index is 13.1. The highest BCUT2D eigenvalue weighted by molar-refractivity contribution is 9.10. The van der Waals surface area contributed by atoms with Gasteiger partial charge >= 0.3 is 0 Å². The Morgan fingerprint density at radius 1 is 1.42 bits per heavy atom. The van der Waals surface area contributed by atoms with Gasteiger partial charge in [0.25, 0.3) is 0 Å². The van der Waals surface area contributed by atoms with Crippen molar-refractivity contribution in [3.05, 3.63) is 52.5 Å². The summed E-state index contributed by atoms with van der Waals surface area (Å²) in [5.41, 5.74) is 1.26. The molecule has 6 heteroatoms. The van der Waals surface area contributed by atoms with Crippen molar-refractivity contribution in [2.24, 2.45) is 13.0 Å². The highest BCUT2D eigenvalue weighted by Gasteiger charge is 2.47. The van der Waals surface area contributed by atoms with Gasteiger partial charge in [-0.15, -0.1) is 0 Å². The number of nitrogens with zero attached hydrogens (tertiary/aromatic N) is 3. The van der Waals surface area contributed by atoms with Gasteiger partial charge in [0, 0.05) is 49.5 Å². The molecule has 0 spiro atoms. The maximum atomic E-state index is 13.1. The SMILES string of the molecule is Cn1ccnc1C1CNCCN1C(=O)C1CC1c1cccc(Br)c1. The van der Waals surface area contributed by atoms with Crippen LogP contribution in [0, 0.1) is 5.92 Å². The van der Waals surface area contributed by atoms with E-state index < -0.39 is 0 Å². The molecule has 1 aromatic carbocycles. The molecule has 1 aliphatic carbocycles. The van der Waals surface area contributed by atoms with Crippen LogP contribution in [0.3, 0.4) is 0 Å². The Morgan fingerprint density at radius 3 is 3.04 bits per heavy atom. The van der Waals surface area contributed by atoms with Gasteiger partial charge in [0.1, 0.15) is 11.9 Å². The maximum Gasteiger partial charge on any atom is 0.227 e. The fourth-order valence-electron chi connectivity index (χ4n) is 3.68. The van der Waals surface area contributed by atoms with Crippen molar-refractivity contribution >= 4 is 21.8 Å². The molecule has 4 rings (SSSR count). The lowest BCUT2D eigenvalue weighted by Crippen LogP contribution is -2.50. The van der Waals surface area contributed by atoms with Crippen LogP contribution in [-0.2, 0) is 11.8 Å². The van der Waals surface area contributed by atoms with Gasteiger partial charge in [0.2, 0.25) is 5.91 Å². The van der Waals surface area contributed by atoms with Gasteiger partial charge in [-0.25, -0.2) is 4.98 Å². The number of hydrogen-bond donors (Lipinski definition) is 1. The quantitative estimate of drug-likeness (QED) is 0.878. The van der Waals surface area contributed by atoms with E-state index in [1.54, 1.807) is 6.20 Å². The van der Waals surface area contributed by atoms with E-state index in [0.29, 0.717) is 5.92 Å². The van der Waals surface area contributed by atoms with Crippen LogP contribution in [0.4, 0.5) is 0 Å². The summed E-state index contributed by atoms with van der Waals surface area (Å²) < 4.78 is 3.09. The zero-order chi connectivity index (χ0) is 16.7. The Labute approximate surface area is 150 Å². The first-order chi connectivity index (χ1) is 11.6. The van der Waals surface area contributed by atoms with E-state index in [2.05, 4.69) is 38.4 Å². The molecule has 5 nitrogen and oxygen atoms in total. The largest absolute Gasteiger partial charge is 0.336 e. The number of nitrogens with one attached hydrogen (secondary N) is 1. The summed E-state index contributed by atoms with van der Waals surface area (Å²) in [7, 11) is 1.99. The third-order valence-corrected chi connectivity index (χ3v) is 5.56. The normalized spacial score (nSPS) is 26.4. The van der Waals surface area contributed by atoms with Crippen LogP contribution in [0.1, 0.15) is 29.8 Å². The van der Waals surface area contributed by atoms with Gasteiger partial charge in [0.15, 0.2) is 0 Å². The van der Waals surface area contributed by atoms with Gasteiger partial charge in [-0.05, 0) is 30.0 Å². The van der Waals surface area contributed by atoms with Crippen LogP contribution in [0.25, 0.3) is 0 Å². The number of carbonyl (C=O) groups is 1. The van der Waals surface area contributed by atoms with Gasteiger partial charge in [-0.3, -0.25) is 4.79 Å². The fraction of sp³-hybridized carbons (Fsp3) is 0.444. The summed E-state index contributed by atoms with van der Waals surface area (Å²) in [6.45, 7) is 2.36. The summed E-state index contributed by atoms with van der Waals surface area (Å²) in [6.07, 6.45) is 4.69. The second kappa shape index (κ2) is 6.33. The van der Waals surface area contributed by atoms with Crippen molar-refractivity contribution in [2.75, 3.05) is 19.6 Å². The van der Waals surface area contributed by atoms with Crippen LogP contribution >= 0.6 is 15.9 Å². The predicted molar refractivity (Wildman–Crippen MR) is 95.5 cm³/mol. The highest BCUT2D eigenvalue weighted by atomic mass is 79.9. The molecule has 24 heavy (non-hydrogen) atoms. The molecule has 1 saturated carbocycles. The molecule has 1 amide bonds. The third kappa shape index (κ3) is 2.89. The zero-order valence-corrected chi connectivity index (χ0v) is 15.2. The fourth-order valence-corrected chi connectivity index (χ4v) is 4.10. The van der Waals surface area contributed by atoms with Gasteiger partial charge in [-0.2, -0.15) is 0 Å². The first-order valence-electron chi connectivity index (χ1n) is 8.39. The van der Waals surface area contributed by atoms with Crippen molar-refractivity contribution < 1.29 is 4.79 Å². The van der Waals surface area contributed by atoms with Crippen LogP contribution in [0.2, 0.25) is 0 Å². The van der Waals surface area contributed by atoms with Gasteiger partial charge < -0.3 is 14.8 Å². The molecule has 0 bridgehead atoms. The number of carbonyl (C=O) groups excluding carboxylic acids is 1. The topological polar surface area (TPSA) is 50.2 Å². The molecule has 2 fully saturated rings. The lowest BCUT2D eigenvalue weighted by molar-refractivity contribution is -0.136. The Hall–Kier alpha value is -1.66. The van der Waals surface area contributed by atoms with Crippen LogP contribution in [-0.4, -0.2) is 40.0 Å². The van der Waals surface area contributed by atoms with Gasteiger partial charge in [-0.1, -0.05) is 28.1 Å². The second-order valence-electron chi connectivity index (χ2n) is 6.65. The van der Waals surface area contributed by atoms with Crippen molar-refractivity contribution in [1.29, 1.82) is 0 Å². The molecule has 3 unspecified atom stereocenters. The predicted octanol–water partition coefficient (Wildman–Crippen LogP) is 2.46. The minimum absolute atomic E-state index is 0.0232. The molecular formula is C18H21BrN4O. The number of amides is 1. The smallest absolute Gasteiger partial charge is 0.227 e. The Morgan fingerprint density at radius 2 is 2.29 bits per heavy atom.